The molecule has 156 valence electrons. The fourth-order valence-electron chi connectivity index (χ4n) is 2.87. The van der Waals surface area contributed by atoms with Gasteiger partial charge in [-0.1, -0.05) is 0 Å². The van der Waals surface area contributed by atoms with E-state index in [0.29, 0.717) is 5.69 Å². The van der Waals surface area contributed by atoms with E-state index in [-0.39, 0.29) is 45.0 Å². The minimum atomic E-state index is -3.78. The first-order valence-corrected chi connectivity index (χ1v) is 9.97. The second-order valence-electron chi connectivity index (χ2n) is 6.51. The minimum Gasteiger partial charge on any atom is -0.547 e. The molecule has 12 heteroatoms. The number of sulfone groups is 1. The van der Waals surface area contributed by atoms with Crippen molar-refractivity contribution in [3.05, 3.63) is 48.5 Å². The van der Waals surface area contributed by atoms with Crippen molar-refractivity contribution in [3.8, 4) is 0 Å². The van der Waals surface area contributed by atoms with Crippen LogP contribution >= 0.6 is 0 Å². The average molecular weight is 446 g/mol. The molecule has 2 aromatic rings. The summed E-state index contributed by atoms with van der Waals surface area (Å²) in [6.07, 6.45) is -8.51. The van der Waals surface area contributed by atoms with E-state index in [2.05, 4.69) is 5.32 Å². The number of rotatable bonds is 5. The van der Waals surface area contributed by atoms with Gasteiger partial charge in [-0.2, -0.15) is 0 Å². The number of nitrogens with two attached hydrogens (primary N) is 1. The molecule has 30 heavy (non-hydrogen) atoms. The molecule has 2 aromatic carbocycles. The number of carboxylic acid groups (broad SMARTS) is 1. The number of ether oxygens (including phenoxy) is 1. The maximum absolute atomic E-state index is 12.6. The number of aliphatic hydroxyl groups is 3. The summed E-state index contributed by atoms with van der Waals surface area (Å²) >= 11 is 0. The van der Waals surface area contributed by atoms with Crippen LogP contribution in [0.2, 0.25) is 0 Å². The summed E-state index contributed by atoms with van der Waals surface area (Å²) < 4.78 is 30.3. The van der Waals surface area contributed by atoms with E-state index < -0.39 is 46.5 Å². The molecule has 0 radical (unpaired) electrons. The van der Waals surface area contributed by atoms with Crippen LogP contribution in [0.4, 0.5) is 11.4 Å². The summed E-state index contributed by atoms with van der Waals surface area (Å²) in [5, 5.41) is 43.2. The van der Waals surface area contributed by atoms with E-state index in [1.165, 1.54) is 48.5 Å². The van der Waals surface area contributed by atoms with Gasteiger partial charge in [0.2, 0.25) is 9.84 Å². The van der Waals surface area contributed by atoms with E-state index in [9.17, 15) is 33.6 Å². The monoisotopic (exact) mass is 446 g/mol. The molecule has 0 amide bonds. The average Bonchev–Trinajstić information content (AvgIpc) is 2.69. The molecule has 3 rings (SSSR count). The first-order chi connectivity index (χ1) is 13.6. The Morgan fingerprint density at radius 1 is 0.933 bits per heavy atom. The Labute approximate surface area is 194 Å². The molecule has 6 N–H and O–H groups in total. The molecule has 0 saturated carbocycles. The molecule has 0 spiro atoms. The predicted molar refractivity (Wildman–Crippen MR) is 98.1 cm³/mol. The topological polar surface area (TPSA) is 182 Å². The summed E-state index contributed by atoms with van der Waals surface area (Å²) in [6, 6.07) is 11.1. The van der Waals surface area contributed by atoms with Gasteiger partial charge in [-0.15, -0.1) is 0 Å². The number of hydrogen-bond donors (Lipinski definition) is 5. The van der Waals surface area contributed by atoms with Gasteiger partial charge in [0.05, 0.1) is 15.8 Å². The fourth-order valence-corrected chi connectivity index (χ4v) is 4.13. The number of carboxylic acids is 1. The summed E-state index contributed by atoms with van der Waals surface area (Å²) in [4.78, 5) is 11.1. The van der Waals surface area contributed by atoms with Crippen molar-refractivity contribution in [2.75, 3.05) is 11.1 Å². The SMILES string of the molecule is Nc1ccc(S(=O)(=O)c2ccc(NC3OC(C(=O)[O-])C(O)C(O)C3O)cc2)cc1.[Na+]. The summed E-state index contributed by atoms with van der Waals surface area (Å²) in [6.45, 7) is 0. The zero-order valence-electron chi connectivity index (χ0n) is 15.9. The van der Waals surface area contributed by atoms with Gasteiger partial charge in [-0.05, 0) is 48.5 Å². The van der Waals surface area contributed by atoms with Gasteiger partial charge in [0, 0.05) is 11.4 Å². The molecule has 0 aromatic heterocycles. The third-order valence-corrected chi connectivity index (χ3v) is 6.30. The summed E-state index contributed by atoms with van der Waals surface area (Å²) in [5.41, 5.74) is 6.28. The Bertz CT molecular complexity index is 984. The van der Waals surface area contributed by atoms with Gasteiger partial charge in [-0.25, -0.2) is 8.42 Å². The number of benzene rings is 2. The second-order valence-corrected chi connectivity index (χ2v) is 8.46. The van der Waals surface area contributed by atoms with E-state index >= 15 is 0 Å². The Hall–Kier alpha value is -1.70. The zero-order chi connectivity index (χ0) is 21.3. The number of nitrogen functional groups attached to an aromatic ring is 1. The van der Waals surface area contributed by atoms with Crippen molar-refractivity contribution in [1.29, 1.82) is 0 Å². The van der Waals surface area contributed by atoms with Crippen LogP contribution in [0.3, 0.4) is 0 Å². The summed E-state index contributed by atoms with van der Waals surface area (Å²) in [7, 11) is -3.78. The predicted octanol–water partition coefficient (Wildman–Crippen LogP) is -4.92. The molecule has 5 atom stereocenters. The Kier molecular flexibility index (Phi) is 7.88. The minimum absolute atomic E-state index is 0. The normalized spacial score (nSPS) is 26.4. The first-order valence-electron chi connectivity index (χ1n) is 8.49. The Morgan fingerprint density at radius 2 is 1.43 bits per heavy atom. The van der Waals surface area contributed by atoms with Crippen molar-refractivity contribution in [2.45, 2.75) is 40.4 Å². The van der Waals surface area contributed by atoms with Crippen LogP contribution in [-0.4, -0.2) is 60.4 Å². The molecule has 0 aliphatic carbocycles. The van der Waals surface area contributed by atoms with Gasteiger partial charge in [0.25, 0.3) is 0 Å². The maximum atomic E-state index is 12.6. The number of nitrogens with one attached hydrogen (secondary N) is 1. The molecule has 1 aliphatic heterocycles. The quantitative estimate of drug-likeness (QED) is 0.220. The second kappa shape index (κ2) is 9.62. The van der Waals surface area contributed by atoms with E-state index in [1.807, 2.05) is 0 Å². The number of aliphatic hydroxyl groups excluding tert-OH is 3. The van der Waals surface area contributed by atoms with E-state index in [0.717, 1.165) is 0 Å². The van der Waals surface area contributed by atoms with Gasteiger partial charge in [0.1, 0.15) is 24.4 Å². The molecular formula is C18H19N2NaO8S. The third-order valence-electron chi connectivity index (χ3n) is 4.51. The molecule has 10 nitrogen and oxygen atoms in total. The molecule has 0 bridgehead atoms. The van der Waals surface area contributed by atoms with Crippen LogP contribution in [0.25, 0.3) is 0 Å². The van der Waals surface area contributed by atoms with E-state index in [1.54, 1.807) is 0 Å². The van der Waals surface area contributed by atoms with Crippen LogP contribution in [0.15, 0.2) is 58.3 Å². The number of anilines is 2. The largest absolute Gasteiger partial charge is 1.00 e. The van der Waals surface area contributed by atoms with Crippen molar-refractivity contribution < 1.29 is 67.9 Å². The molecule has 5 unspecified atom stereocenters. The van der Waals surface area contributed by atoms with Crippen LogP contribution < -0.4 is 45.7 Å². The Morgan fingerprint density at radius 3 is 1.93 bits per heavy atom. The third kappa shape index (κ3) is 4.95. The van der Waals surface area contributed by atoms with Crippen molar-refractivity contribution in [2.24, 2.45) is 0 Å². The fraction of sp³-hybridized carbons (Fsp3) is 0.278. The van der Waals surface area contributed by atoms with Gasteiger partial charge in [-0.3, -0.25) is 0 Å². The number of aliphatic carboxylic acids is 1. The molecule has 1 fully saturated rings. The van der Waals surface area contributed by atoms with Gasteiger partial charge < -0.3 is 41.0 Å². The smallest absolute Gasteiger partial charge is 0.547 e. The number of carbonyl (C=O) groups excluding carboxylic acids is 1. The molecule has 1 saturated heterocycles. The number of hydrogen-bond acceptors (Lipinski definition) is 10. The number of carbonyl (C=O) groups is 1. The zero-order valence-corrected chi connectivity index (χ0v) is 18.7. The first kappa shape index (κ1) is 24.6. The van der Waals surface area contributed by atoms with Crippen LogP contribution in [-0.2, 0) is 19.4 Å². The summed E-state index contributed by atoms with van der Waals surface area (Å²) in [5.74, 6) is -1.75. The van der Waals surface area contributed by atoms with Crippen molar-refractivity contribution >= 4 is 27.2 Å². The standard InChI is InChI=1S/C18H20N2O8S.Na/c19-9-1-5-11(6-2-9)29(26,27)12-7-3-10(4-8-12)20-17-15(23)13(21)14(22)16(28-17)18(24)25;/h1-8,13-17,20-23H,19H2,(H,24,25);/q;+1/p-1. The van der Waals surface area contributed by atoms with Gasteiger partial charge >= 0.3 is 29.6 Å². The van der Waals surface area contributed by atoms with Crippen molar-refractivity contribution in [1.82, 2.24) is 0 Å². The molecular weight excluding hydrogens is 427 g/mol. The Balaban J connectivity index is 0.00000320. The van der Waals surface area contributed by atoms with Crippen LogP contribution in [0, 0.1) is 0 Å². The van der Waals surface area contributed by atoms with Gasteiger partial charge in [0.15, 0.2) is 6.23 Å². The van der Waals surface area contributed by atoms with E-state index in [4.69, 9.17) is 10.5 Å². The molecule has 1 heterocycles. The van der Waals surface area contributed by atoms with Crippen LogP contribution in [0.1, 0.15) is 0 Å². The van der Waals surface area contributed by atoms with Crippen LogP contribution in [0.5, 0.6) is 0 Å². The van der Waals surface area contributed by atoms with Crippen molar-refractivity contribution in [3.63, 3.8) is 0 Å². The molecule has 1 aliphatic rings. The maximum Gasteiger partial charge on any atom is 1.00 e.